The van der Waals surface area contributed by atoms with E-state index in [0.29, 0.717) is 6.42 Å². The molecule has 0 amide bonds. The van der Waals surface area contributed by atoms with Gasteiger partial charge in [0.05, 0.1) is 22.7 Å². The molecular formula is C6H4BrN3. The first-order valence-corrected chi connectivity index (χ1v) is 3.45. The highest BCUT2D eigenvalue weighted by molar-refractivity contribution is 9.10. The largest absolute Gasteiger partial charge is 0.244 e. The van der Waals surface area contributed by atoms with Gasteiger partial charge in [0.2, 0.25) is 0 Å². The number of nitrogens with zero attached hydrogens (tertiary/aromatic N) is 3. The van der Waals surface area contributed by atoms with Crippen molar-refractivity contribution in [2.45, 2.75) is 6.42 Å². The van der Waals surface area contributed by atoms with Crippen molar-refractivity contribution in [2.75, 3.05) is 0 Å². The predicted molar refractivity (Wildman–Crippen MR) is 39.0 cm³/mol. The summed E-state index contributed by atoms with van der Waals surface area (Å²) in [4.78, 5) is 7.65. The van der Waals surface area contributed by atoms with Crippen LogP contribution in [0.5, 0.6) is 0 Å². The van der Waals surface area contributed by atoms with Crippen LogP contribution in [0.2, 0.25) is 0 Å². The van der Waals surface area contributed by atoms with Crippen LogP contribution in [0.25, 0.3) is 0 Å². The molecule has 1 rings (SSSR count). The van der Waals surface area contributed by atoms with Gasteiger partial charge in [0.25, 0.3) is 0 Å². The average Bonchev–Trinajstić information content (AvgIpc) is 1.94. The van der Waals surface area contributed by atoms with Crippen molar-refractivity contribution in [3.05, 3.63) is 22.7 Å². The lowest BCUT2D eigenvalue weighted by Gasteiger charge is -1.93. The Morgan fingerprint density at radius 1 is 1.70 bits per heavy atom. The Bertz CT molecular complexity index is 266. The van der Waals surface area contributed by atoms with Crippen molar-refractivity contribution < 1.29 is 0 Å². The van der Waals surface area contributed by atoms with Gasteiger partial charge in [-0.25, -0.2) is 9.97 Å². The van der Waals surface area contributed by atoms with E-state index in [2.05, 4.69) is 25.9 Å². The zero-order valence-corrected chi connectivity index (χ0v) is 6.67. The number of nitriles is 1. The Labute approximate surface area is 66.9 Å². The minimum atomic E-state index is 0.323. The molecule has 0 aliphatic rings. The molecule has 0 unspecified atom stereocenters. The van der Waals surface area contributed by atoms with E-state index in [0.717, 1.165) is 10.2 Å². The van der Waals surface area contributed by atoms with Crippen LogP contribution < -0.4 is 0 Å². The van der Waals surface area contributed by atoms with Crippen molar-refractivity contribution in [1.29, 1.82) is 5.26 Å². The summed E-state index contributed by atoms with van der Waals surface area (Å²) < 4.78 is 0.788. The maximum Gasteiger partial charge on any atom is 0.115 e. The highest BCUT2D eigenvalue weighted by Gasteiger charge is 1.97. The van der Waals surface area contributed by atoms with Crippen LogP contribution in [-0.2, 0) is 6.42 Å². The molecule has 0 radical (unpaired) electrons. The maximum absolute atomic E-state index is 8.31. The van der Waals surface area contributed by atoms with E-state index in [1.165, 1.54) is 6.33 Å². The molecule has 50 valence electrons. The summed E-state index contributed by atoms with van der Waals surface area (Å²) >= 11 is 3.22. The van der Waals surface area contributed by atoms with Gasteiger partial charge < -0.3 is 0 Å². The van der Waals surface area contributed by atoms with Crippen molar-refractivity contribution in [2.24, 2.45) is 0 Å². The molecule has 0 aromatic carbocycles. The zero-order chi connectivity index (χ0) is 7.40. The molecular weight excluding hydrogens is 194 g/mol. The van der Waals surface area contributed by atoms with Gasteiger partial charge in [0.15, 0.2) is 0 Å². The minimum Gasteiger partial charge on any atom is -0.244 e. The fourth-order valence-corrected chi connectivity index (χ4v) is 0.904. The maximum atomic E-state index is 8.31. The Morgan fingerprint density at radius 3 is 3.10 bits per heavy atom. The monoisotopic (exact) mass is 197 g/mol. The van der Waals surface area contributed by atoms with Crippen molar-refractivity contribution in [3.8, 4) is 6.07 Å². The second-order valence-corrected chi connectivity index (χ2v) is 2.51. The lowest BCUT2D eigenvalue weighted by molar-refractivity contribution is 1.04. The summed E-state index contributed by atoms with van der Waals surface area (Å²) in [6.07, 6.45) is 3.38. The highest BCUT2D eigenvalue weighted by Crippen LogP contribution is 2.11. The van der Waals surface area contributed by atoms with Crippen LogP contribution in [0, 0.1) is 11.3 Å². The molecule has 0 N–H and O–H groups in total. The number of rotatable bonds is 1. The normalized spacial score (nSPS) is 8.80. The van der Waals surface area contributed by atoms with Gasteiger partial charge in [0, 0.05) is 6.20 Å². The molecule has 1 aromatic rings. The summed E-state index contributed by atoms with van der Waals surface area (Å²) in [5.41, 5.74) is 0.734. The Hall–Kier alpha value is -0.950. The first kappa shape index (κ1) is 7.16. The number of hydrogen-bond donors (Lipinski definition) is 0. The van der Waals surface area contributed by atoms with E-state index >= 15 is 0 Å². The van der Waals surface area contributed by atoms with Gasteiger partial charge in [0.1, 0.15) is 6.33 Å². The number of halogens is 1. The van der Waals surface area contributed by atoms with E-state index in [-0.39, 0.29) is 0 Å². The Morgan fingerprint density at radius 2 is 2.50 bits per heavy atom. The highest BCUT2D eigenvalue weighted by atomic mass is 79.9. The second-order valence-electron chi connectivity index (χ2n) is 1.65. The van der Waals surface area contributed by atoms with Gasteiger partial charge >= 0.3 is 0 Å². The molecule has 0 saturated heterocycles. The molecule has 0 aliphatic carbocycles. The first-order chi connectivity index (χ1) is 4.84. The van der Waals surface area contributed by atoms with Gasteiger partial charge in [-0.2, -0.15) is 5.26 Å². The lowest BCUT2D eigenvalue weighted by Crippen LogP contribution is -1.89. The van der Waals surface area contributed by atoms with Crippen molar-refractivity contribution in [3.63, 3.8) is 0 Å². The molecule has 3 nitrogen and oxygen atoms in total. The molecule has 0 bridgehead atoms. The summed E-state index contributed by atoms with van der Waals surface area (Å²) in [6, 6.07) is 2.00. The molecule has 4 heteroatoms. The summed E-state index contributed by atoms with van der Waals surface area (Å²) in [5, 5.41) is 8.31. The summed E-state index contributed by atoms with van der Waals surface area (Å²) in [6.45, 7) is 0. The third kappa shape index (κ3) is 1.52. The Balaban J connectivity index is 2.94. The topological polar surface area (TPSA) is 49.6 Å². The molecule has 1 heterocycles. The molecule has 0 fully saturated rings. The van der Waals surface area contributed by atoms with Crippen molar-refractivity contribution >= 4 is 15.9 Å². The van der Waals surface area contributed by atoms with Crippen LogP contribution in [0.1, 0.15) is 5.69 Å². The molecule has 10 heavy (non-hydrogen) atoms. The van der Waals surface area contributed by atoms with E-state index < -0.39 is 0 Å². The van der Waals surface area contributed by atoms with E-state index in [9.17, 15) is 0 Å². The Kier molecular flexibility index (Phi) is 2.35. The fraction of sp³-hybridized carbons (Fsp3) is 0.167. The summed E-state index contributed by atoms with van der Waals surface area (Å²) in [5.74, 6) is 0. The van der Waals surface area contributed by atoms with Crippen LogP contribution >= 0.6 is 15.9 Å². The molecule has 0 atom stereocenters. The van der Waals surface area contributed by atoms with E-state index in [1.54, 1.807) is 6.20 Å². The third-order valence-electron chi connectivity index (χ3n) is 0.990. The predicted octanol–water partition coefficient (Wildman–Crippen LogP) is 1.31. The quantitative estimate of drug-likeness (QED) is 0.683. The van der Waals surface area contributed by atoms with Crippen LogP contribution in [0.15, 0.2) is 17.0 Å². The van der Waals surface area contributed by atoms with Gasteiger partial charge in [-0.1, -0.05) is 0 Å². The van der Waals surface area contributed by atoms with Gasteiger partial charge in [-0.3, -0.25) is 0 Å². The van der Waals surface area contributed by atoms with E-state index in [1.807, 2.05) is 6.07 Å². The minimum absolute atomic E-state index is 0.323. The van der Waals surface area contributed by atoms with Gasteiger partial charge in [-0.05, 0) is 15.9 Å². The molecule has 1 aromatic heterocycles. The lowest BCUT2D eigenvalue weighted by atomic mass is 10.3. The van der Waals surface area contributed by atoms with Gasteiger partial charge in [-0.15, -0.1) is 0 Å². The fourth-order valence-electron chi connectivity index (χ4n) is 0.543. The second kappa shape index (κ2) is 3.28. The first-order valence-electron chi connectivity index (χ1n) is 2.66. The summed E-state index contributed by atoms with van der Waals surface area (Å²) in [7, 11) is 0. The van der Waals surface area contributed by atoms with Crippen LogP contribution in [0.3, 0.4) is 0 Å². The SMILES string of the molecule is N#CCc1ncncc1Br. The number of hydrogen-bond acceptors (Lipinski definition) is 3. The zero-order valence-electron chi connectivity index (χ0n) is 5.08. The van der Waals surface area contributed by atoms with Crippen molar-refractivity contribution in [1.82, 2.24) is 9.97 Å². The molecule has 0 spiro atoms. The van der Waals surface area contributed by atoms with E-state index in [4.69, 9.17) is 5.26 Å². The molecule has 0 saturated carbocycles. The standard InChI is InChI=1S/C6H4BrN3/c7-5-3-9-4-10-6(5)1-2-8/h3-4H,1H2. The average molecular weight is 198 g/mol. The smallest absolute Gasteiger partial charge is 0.115 e. The van der Waals surface area contributed by atoms with Crippen LogP contribution in [-0.4, -0.2) is 9.97 Å². The number of aromatic nitrogens is 2. The third-order valence-corrected chi connectivity index (χ3v) is 1.65. The van der Waals surface area contributed by atoms with Crippen LogP contribution in [0.4, 0.5) is 0 Å². The molecule has 0 aliphatic heterocycles.